The molecule has 15 heavy (non-hydrogen) atoms. The van der Waals surface area contributed by atoms with Gasteiger partial charge in [-0.05, 0) is 6.92 Å². The van der Waals surface area contributed by atoms with Gasteiger partial charge in [0.15, 0.2) is 0 Å². The van der Waals surface area contributed by atoms with Gasteiger partial charge in [-0.25, -0.2) is 15.0 Å². The lowest BCUT2D eigenvalue weighted by Gasteiger charge is -2.06. The van der Waals surface area contributed by atoms with Crippen molar-refractivity contribution < 1.29 is 5.11 Å². The number of hydrogen-bond donors (Lipinski definition) is 1. The van der Waals surface area contributed by atoms with Crippen molar-refractivity contribution in [2.24, 2.45) is 0 Å². The summed E-state index contributed by atoms with van der Waals surface area (Å²) >= 11 is 1.56. The van der Waals surface area contributed by atoms with Crippen molar-refractivity contribution in [2.75, 3.05) is 0 Å². The lowest BCUT2D eigenvalue weighted by Crippen LogP contribution is -2.02. The Kier molecular flexibility index (Phi) is 3.03. The van der Waals surface area contributed by atoms with Crippen LogP contribution < -0.4 is 0 Å². The highest BCUT2D eigenvalue weighted by molar-refractivity contribution is 7.09. The smallest absolute Gasteiger partial charge is 0.115 e. The van der Waals surface area contributed by atoms with Gasteiger partial charge >= 0.3 is 0 Å². The van der Waals surface area contributed by atoms with Crippen LogP contribution in [0.25, 0.3) is 0 Å². The van der Waals surface area contributed by atoms with Gasteiger partial charge in [0.25, 0.3) is 0 Å². The molecule has 0 saturated heterocycles. The molecule has 1 atom stereocenters. The molecule has 1 N–H and O–H groups in total. The molecule has 0 spiro atoms. The second-order valence-corrected chi connectivity index (χ2v) is 4.22. The van der Waals surface area contributed by atoms with Crippen molar-refractivity contribution in [3.63, 3.8) is 0 Å². The Morgan fingerprint density at radius 1 is 1.40 bits per heavy atom. The summed E-state index contributed by atoms with van der Waals surface area (Å²) in [6.45, 7) is 1.94. The molecule has 2 rings (SSSR count). The number of nitrogens with zero attached hydrogens (tertiary/aromatic N) is 3. The Hall–Kier alpha value is -1.33. The number of thiazole rings is 1. The zero-order valence-corrected chi connectivity index (χ0v) is 9.11. The molecule has 0 aliphatic heterocycles. The van der Waals surface area contributed by atoms with Crippen LogP contribution >= 0.6 is 11.3 Å². The van der Waals surface area contributed by atoms with E-state index < -0.39 is 6.10 Å². The molecule has 5 heteroatoms. The van der Waals surface area contributed by atoms with Gasteiger partial charge in [0.05, 0.1) is 11.1 Å². The number of rotatable bonds is 3. The quantitative estimate of drug-likeness (QED) is 0.853. The van der Waals surface area contributed by atoms with Crippen LogP contribution in [0.15, 0.2) is 24.1 Å². The Morgan fingerprint density at radius 2 is 2.13 bits per heavy atom. The Bertz CT molecular complexity index is 429. The third-order valence-corrected chi connectivity index (χ3v) is 2.99. The van der Waals surface area contributed by atoms with Crippen molar-refractivity contribution in [2.45, 2.75) is 19.4 Å². The third-order valence-electron chi connectivity index (χ3n) is 2.00. The molecule has 0 saturated carbocycles. The van der Waals surface area contributed by atoms with Crippen molar-refractivity contribution in [3.8, 4) is 0 Å². The van der Waals surface area contributed by atoms with Crippen LogP contribution in [0, 0.1) is 6.92 Å². The maximum atomic E-state index is 9.87. The van der Waals surface area contributed by atoms with E-state index in [0.29, 0.717) is 6.42 Å². The van der Waals surface area contributed by atoms with E-state index in [0.717, 1.165) is 16.3 Å². The van der Waals surface area contributed by atoms with Crippen molar-refractivity contribution >= 4 is 11.3 Å². The molecule has 0 fully saturated rings. The summed E-state index contributed by atoms with van der Waals surface area (Å²) in [6.07, 6.45) is 4.64. The average Bonchev–Trinajstić information content (AvgIpc) is 2.65. The minimum absolute atomic E-state index is 0.520. The van der Waals surface area contributed by atoms with Crippen LogP contribution in [0.2, 0.25) is 0 Å². The van der Waals surface area contributed by atoms with Crippen LogP contribution in [0.5, 0.6) is 0 Å². The van der Waals surface area contributed by atoms with E-state index in [4.69, 9.17) is 0 Å². The van der Waals surface area contributed by atoms with Crippen molar-refractivity contribution in [1.29, 1.82) is 0 Å². The second kappa shape index (κ2) is 4.46. The standard InChI is InChI=1S/C10H11N3OS/c1-7-5-15-10(13-7)2-9(14)8-3-11-6-12-4-8/h3-6,9,14H,2H2,1H3. The largest absolute Gasteiger partial charge is 0.388 e. The molecule has 0 aromatic carbocycles. The number of aliphatic hydroxyl groups is 1. The Balaban J connectivity index is 2.07. The zero-order chi connectivity index (χ0) is 10.7. The average molecular weight is 221 g/mol. The topological polar surface area (TPSA) is 58.9 Å². The highest BCUT2D eigenvalue weighted by Crippen LogP contribution is 2.19. The van der Waals surface area contributed by atoms with Gasteiger partial charge in [-0.2, -0.15) is 0 Å². The zero-order valence-electron chi connectivity index (χ0n) is 8.29. The van der Waals surface area contributed by atoms with E-state index in [1.807, 2.05) is 12.3 Å². The fourth-order valence-electron chi connectivity index (χ4n) is 1.26. The van der Waals surface area contributed by atoms with Crippen molar-refractivity contribution in [3.05, 3.63) is 40.4 Å². The van der Waals surface area contributed by atoms with Gasteiger partial charge in [-0.1, -0.05) is 0 Å². The first-order chi connectivity index (χ1) is 7.25. The summed E-state index contributed by atoms with van der Waals surface area (Å²) in [5.74, 6) is 0. The SMILES string of the molecule is Cc1csc(CC(O)c2cncnc2)n1. The van der Waals surface area contributed by atoms with Gasteiger partial charge in [-0.3, -0.25) is 0 Å². The summed E-state index contributed by atoms with van der Waals surface area (Å²) in [5.41, 5.74) is 1.72. The van der Waals surface area contributed by atoms with Gasteiger partial charge < -0.3 is 5.11 Å². The van der Waals surface area contributed by atoms with Gasteiger partial charge in [0.1, 0.15) is 6.33 Å². The Morgan fingerprint density at radius 3 is 2.73 bits per heavy atom. The normalized spacial score (nSPS) is 12.7. The molecule has 2 heterocycles. The Labute approximate surface area is 91.7 Å². The molecule has 0 radical (unpaired) electrons. The van der Waals surface area contributed by atoms with E-state index in [2.05, 4.69) is 15.0 Å². The molecule has 4 nitrogen and oxygen atoms in total. The number of hydrogen-bond acceptors (Lipinski definition) is 5. The summed E-state index contributed by atoms with van der Waals surface area (Å²) in [6, 6.07) is 0. The maximum Gasteiger partial charge on any atom is 0.115 e. The molecule has 0 amide bonds. The monoisotopic (exact) mass is 221 g/mol. The highest BCUT2D eigenvalue weighted by atomic mass is 32.1. The minimum Gasteiger partial charge on any atom is -0.388 e. The van der Waals surface area contributed by atoms with E-state index in [9.17, 15) is 5.11 Å². The first-order valence-corrected chi connectivity index (χ1v) is 5.47. The third kappa shape index (κ3) is 2.57. The van der Waals surface area contributed by atoms with E-state index in [1.54, 1.807) is 23.7 Å². The van der Waals surface area contributed by atoms with Gasteiger partial charge in [-0.15, -0.1) is 11.3 Å². The minimum atomic E-state index is -0.572. The molecule has 78 valence electrons. The van der Waals surface area contributed by atoms with E-state index in [1.165, 1.54) is 6.33 Å². The van der Waals surface area contributed by atoms with Crippen LogP contribution in [0.4, 0.5) is 0 Å². The van der Waals surface area contributed by atoms with Crippen LogP contribution in [-0.2, 0) is 6.42 Å². The second-order valence-electron chi connectivity index (χ2n) is 3.27. The molecular weight excluding hydrogens is 210 g/mol. The first kappa shape index (κ1) is 10.2. The molecule has 2 aromatic heterocycles. The lowest BCUT2D eigenvalue weighted by molar-refractivity contribution is 0.177. The van der Waals surface area contributed by atoms with Gasteiger partial charge in [0.2, 0.25) is 0 Å². The number of aromatic nitrogens is 3. The van der Waals surface area contributed by atoms with Crippen LogP contribution in [0.1, 0.15) is 22.4 Å². The summed E-state index contributed by atoms with van der Waals surface area (Å²) in [5, 5.41) is 12.8. The fourth-order valence-corrected chi connectivity index (χ4v) is 2.07. The molecule has 0 aliphatic rings. The number of aryl methyl sites for hydroxylation is 1. The summed E-state index contributed by atoms with van der Waals surface area (Å²) in [7, 11) is 0. The first-order valence-electron chi connectivity index (χ1n) is 4.59. The lowest BCUT2D eigenvalue weighted by atomic mass is 10.1. The predicted octanol–water partition coefficient (Wildman–Crippen LogP) is 1.52. The van der Waals surface area contributed by atoms with Crippen LogP contribution in [0.3, 0.4) is 0 Å². The summed E-state index contributed by atoms with van der Waals surface area (Å²) < 4.78 is 0. The van der Waals surface area contributed by atoms with Crippen molar-refractivity contribution in [1.82, 2.24) is 15.0 Å². The van der Waals surface area contributed by atoms with Gasteiger partial charge in [0, 0.05) is 35.5 Å². The van der Waals surface area contributed by atoms with E-state index in [-0.39, 0.29) is 0 Å². The molecule has 0 bridgehead atoms. The predicted molar refractivity (Wildman–Crippen MR) is 57.5 cm³/mol. The number of aliphatic hydroxyl groups excluding tert-OH is 1. The molecule has 2 aromatic rings. The highest BCUT2D eigenvalue weighted by Gasteiger charge is 2.10. The molecule has 1 unspecified atom stereocenters. The molecular formula is C10H11N3OS. The molecule has 0 aliphatic carbocycles. The fraction of sp³-hybridized carbons (Fsp3) is 0.300. The summed E-state index contributed by atoms with van der Waals surface area (Å²) in [4.78, 5) is 12.0. The van der Waals surface area contributed by atoms with E-state index >= 15 is 0 Å². The maximum absolute atomic E-state index is 9.87. The van der Waals surface area contributed by atoms with Crippen LogP contribution in [-0.4, -0.2) is 20.1 Å².